The number of thioether (sulfide) groups is 1. The highest BCUT2D eigenvalue weighted by atomic mass is 32.2. The smallest absolute Gasteiger partial charge is 0.409 e. The minimum absolute atomic E-state index is 0.00625. The molecule has 1 aliphatic rings. The van der Waals surface area contributed by atoms with Crippen molar-refractivity contribution in [3.63, 3.8) is 0 Å². The Morgan fingerprint density at radius 1 is 1.03 bits per heavy atom. The van der Waals surface area contributed by atoms with Gasteiger partial charge < -0.3 is 20.5 Å². The van der Waals surface area contributed by atoms with Crippen LogP contribution in [0.2, 0.25) is 0 Å². The maximum Gasteiger partial charge on any atom is 0.409 e. The molecule has 2 amide bonds. The number of carbonyl (C=O) groups is 3. The summed E-state index contributed by atoms with van der Waals surface area (Å²) in [5.41, 5.74) is 3.81. The van der Waals surface area contributed by atoms with E-state index in [2.05, 4.69) is 5.32 Å². The Kier molecular flexibility index (Phi) is 8.43. The lowest BCUT2D eigenvalue weighted by Gasteiger charge is -2.22. The molecule has 3 N–H and O–H groups in total. The van der Waals surface area contributed by atoms with Crippen molar-refractivity contribution in [3.8, 4) is 11.1 Å². The molecule has 0 spiro atoms. The summed E-state index contributed by atoms with van der Waals surface area (Å²) in [6.45, 7) is -0.149. The molecule has 0 fully saturated rings. The van der Waals surface area contributed by atoms with Crippen LogP contribution in [0.3, 0.4) is 0 Å². The van der Waals surface area contributed by atoms with Gasteiger partial charge in [0.15, 0.2) is 0 Å². The molecule has 0 saturated carbocycles. The van der Waals surface area contributed by atoms with Gasteiger partial charge in [0.25, 0.3) is 0 Å². The first-order valence-corrected chi connectivity index (χ1v) is 11.6. The van der Waals surface area contributed by atoms with Crippen molar-refractivity contribution in [1.82, 2.24) is 10.6 Å². The Bertz CT molecular complexity index is 1000. The van der Waals surface area contributed by atoms with Crippen molar-refractivity contribution < 1.29 is 37.4 Å². The summed E-state index contributed by atoms with van der Waals surface area (Å²) in [5.74, 6) is -2.20. The molecule has 0 bridgehead atoms. The molecule has 3 rings (SSSR count). The maximum absolute atomic E-state index is 13.4. The van der Waals surface area contributed by atoms with Crippen molar-refractivity contribution in [3.05, 3.63) is 59.7 Å². The SMILES string of the molecule is O=C(O)CSCCNC(=O)CC(NC(=O)OCC1c2ccccc2-c2ccccc21)C(F)(F)F. The number of halogens is 3. The molecule has 0 aliphatic heterocycles. The highest BCUT2D eigenvalue weighted by molar-refractivity contribution is 7.99. The second kappa shape index (κ2) is 11.3. The Hall–Kier alpha value is -3.21. The molecular formula is C23H23F3N2O5S. The summed E-state index contributed by atoms with van der Waals surface area (Å²) in [6, 6.07) is 12.7. The van der Waals surface area contributed by atoms with E-state index in [-0.39, 0.29) is 30.6 Å². The number of alkyl halides is 3. The Morgan fingerprint density at radius 2 is 1.62 bits per heavy atom. The summed E-state index contributed by atoms with van der Waals surface area (Å²) in [7, 11) is 0. The minimum atomic E-state index is -4.86. The van der Waals surface area contributed by atoms with Gasteiger partial charge in [-0.1, -0.05) is 48.5 Å². The van der Waals surface area contributed by atoms with Crippen LogP contribution in [0.25, 0.3) is 11.1 Å². The van der Waals surface area contributed by atoms with Crippen LogP contribution in [-0.4, -0.2) is 60.0 Å². The molecule has 7 nitrogen and oxygen atoms in total. The molecule has 0 radical (unpaired) electrons. The number of hydrogen-bond acceptors (Lipinski definition) is 5. The van der Waals surface area contributed by atoms with E-state index in [1.165, 1.54) is 0 Å². The van der Waals surface area contributed by atoms with Crippen LogP contribution in [0, 0.1) is 0 Å². The highest BCUT2D eigenvalue weighted by Gasteiger charge is 2.42. The molecule has 0 saturated heterocycles. The quantitative estimate of drug-likeness (QED) is 0.433. The van der Waals surface area contributed by atoms with Crippen LogP contribution in [0.15, 0.2) is 48.5 Å². The van der Waals surface area contributed by atoms with Gasteiger partial charge in [-0.15, -0.1) is 11.8 Å². The van der Waals surface area contributed by atoms with Crippen LogP contribution in [-0.2, 0) is 14.3 Å². The highest BCUT2D eigenvalue weighted by Crippen LogP contribution is 2.44. The predicted molar refractivity (Wildman–Crippen MR) is 121 cm³/mol. The van der Waals surface area contributed by atoms with E-state index in [4.69, 9.17) is 9.84 Å². The second-order valence-electron chi connectivity index (χ2n) is 7.56. The summed E-state index contributed by atoms with van der Waals surface area (Å²) in [6.07, 6.45) is -7.15. The van der Waals surface area contributed by atoms with Crippen LogP contribution in [0.1, 0.15) is 23.5 Å². The Balaban J connectivity index is 1.54. The average molecular weight is 497 g/mol. The fraction of sp³-hybridized carbons (Fsp3) is 0.348. The number of carboxylic acid groups (broad SMARTS) is 1. The normalized spacial score (nSPS) is 13.5. The van der Waals surface area contributed by atoms with Gasteiger partial charge in [-0.2, -0.15) is 13.2 Å². The van der Waals surface area contributed by atoms with Gasteiger partial charge in [-0.25, -0.2) is 4.79 Å². The lowest BCUT2D eigenvalue weighted by Crippen LogP contribution is -2.48. The maximum atomic E-state index is 13.4. The molecule has 1 unspecified atom stereocenters. The van der Waals surface area contributed by atoms with Crippen LogP contribution >= 0.6 is 11.8 Å². The second-order valence-corrected chi connectivity index (χ2v) is 8.67. The largest absolute Gasteiger partial charge is 0.481 e. The van der Waals surface area contributed by atoms with Crippen LogP contribution < -0.4 is 10.6 Å². The molecule has 1 aliphatic carbocycles. The van der Waals surface area contributed by atoms with Gasteiger partial charge in [0.1, 0.15) is 12.6 Å². The van der Waals surface area contributed by atoms with E-state index in [1.807, 2.05) is 48.5 Å². The minimum Gasteiger partial charge on any atom is -0.481 e. The third-order valence-electron chi connectivity index (χ3n) is 5.21. The average Bonchev–Trinajstić information content (AvgIpc) is 3.10. The lowest BCUT2D eigenvalue weighted by atomic mass is 9.98. The monoisotopic (exact) mass is 496 g/mol. The molecule has 11 heteroatoms. The van der Waals surface area contributed by atoms with Crippen molar-refractivity contribution >= 4 is 29.7 Å². The topological polar surface area (TPSA) is 105 Å². The molecule has 182 valence electrons. The number of aliphatic carboxylic acids is 1. The Morgan fingerprint density at radius 3 is 2.18 bits per heavy atom. The van der Waals surface area contributed by atoms with E-state index >= 15 is 0 Å². The van der Waals surface area contributed by atoms with Crippen molar-refractivity contribution in [2.75, 3.05) is 24.7 Å². The number of ether oxygens (including phenoxy) is 1. The standard InChI is InChI=1S/C23H23F3N2O5S/c24-23(25,26)19(11-20(29)27-9-10-34-13-21(30)31)28-22(32)33-12-18-16-7-3-1-5-14(16)15-6-2-4-8-17(15)18/h1-8,18-19H,9-13H2,(H,27,29)(H,28,32)(H,30,31). The van der Waals surface area contributed by atoms with E-state index in [1.54, 1.807) is 5.32 Å². The van der Waals surface area contributed by atoms with E-state index in [0.717, 1.165) is 34.0 Å². The molecular weight excluding hydrogens is 473 g/mol. The molecule has 34 heavy (non-hydrogen) atoms. The zero-order chi connectivity index (χ0) is 24.7. The van der Waals surface area contributed by atoms with Gasteiger partial charge in [-0.05, 0) is 22.3 Å². The van der Waals surface area contributed by atoms with Crippen molar-refractivity contribution in [1.29, 1.82) is 0 Å². The van der Waals surface area contributed by atoms with Gasteiger partial charge in [0.05, 0.1) is 12.2 Å². The van der Waals surface area contributed by atoms with E-state index < -0.39 is 36.6 Å². The molecule has 1 atom stereocenters. The first-order valence-electron chi connectivity index (χ1n) is 10.4. The summed E-state index contributed by atoms with van der Waals surface area (Å²) in [4.78, 5) is 34.5. The molecule has 0 heterocycles. The fourth-order valence-corrected chi connectivity index (χ4v) is 4.28. The number of benzene rings is 2. The van der Waals surface area contributed by atoms with Crippen LogP contribution in [0.5, 0.6) is 0 Å². The summed E-state index contributed by atoms with van der Waals surface area (Å²) in [5, 5.41) is 12.6. The number of nitrogens with one attached hydrogen (secondary N) is 2. The zero-order valence-corrected chi connectivity index (χ0v) is 18.7. The first-order chi connectivity index (χ1) is 16.2. The molecule has 0 aromatic heterocycles. The number of carboxylic acids is 1. The number of amides is 2. The number of hydrogen-bond donors (Lipinski definition) is 3. The van der Waals surface area contributed by atoms with E-state index in [0.29, 0.717) is 0 Å². The third kappa shape index (κ3) is 6.66. The zero-order valence-electron chi connectivity index (χ0n) is 17.9. The van der Waals surface area contributed by atoms with Gasteiger partial charge >= 0.3 is 18.2 Å². The molecule has 2 aromatic carbocycles. The first kappa shape index (κ1) is 25.4. The van der Waals surface area contributed by atoms with Crippen molar-refractivity contribution in [2.45, 2.75) is 24.6 Å². The number of fused-ring (bicyclic) bond motifs is 3. The van der Waals surface area contributed by atoms with Crippen molar-refractivity contribution in [2.24, 2.45) is 0 Å². The van der Waals surface area contributed by atoms with Gasteiger partial charge in [0, 0.05) is 18.2 Å². The third-order valence-corrected chi connectivity index (χ3v) is 6.16. The van der Waals surface area contributed by atoms with Gasteiger partial charge in [0.2, 0.25) is 5.91 Å². The predicted octanol–water partition coefficient (Wildman–Crippen LogP) is 3.78. The number of rotatable bonds is 10. The number of alkyl carbamates (subject to hydrolysis) is 1. The lowest BCUT2D eigenvalue weighted by molar-refractivity contribution is -0.160. The van der Waals surface area contributed by atoms with Gasteiger partial charge in [-0.3, -0.25) is 9.59 Å². The summed E-state index contributed by atoms with van der Waals surface area (Å²) < 4.78 is 45.3. The van der Waals surface area contributed by atoms with Crippen LogP contribution in [0.4, 0.5) is 18.0 Å². The summed E-state index contributed by atoms with van der Waals surface area (Å²) >= 11 is 1.02. The molecule has 2 aromatic rings. The van der Waals surface area contributed by atoms with E-state index in [9.17, 15) is 27.6 Å². The Labute approximate surface area is 198 Å². The number of carbonyl (C=O) groups excluding carboxylic acids is 2. The fourth-order valence-electron chi connectivity index (χ4n) is 3.71.